The van der Waals surface area contributed by atoms with Crippen LogP contribution in [0.3, 0.4) is 0 Å². The van der Waals surface area contributed by atoms with Gasteiger partial charge in [0.05, 0.1) is 0 Å². The number of aryl methyl sites for hydroxylation is 5. The maximum Gasteiger partial charge on any atom is 0.123 e. The highest BCUT2D eigenvalue weighted by atomic mass is 16.5. The molecule has 3 atom stereocenters. The van der Waals surface area contributed by atoms with Gasteiger partial charge in [0.25, 0.3) is 0 Å². The Morgan fingerprint density at radius 3 is 1.60 bits per heavy atom. The number of hydrogen-bond donors (Lipinski definition) is 0. The number of allylic oxidation sites excluding steroid dienone is 2. The van der Waals surface area contributed by atoms with Gasteiger partial charge in [0.2, 0.25) is 0 Å². The van der Waals surface area contributed by atoms with Crippen molar-refractivity contribution in [2.24, 2.45) is 11.8 Å². The molecule has 63 heavy (non-hydrogen) atoms. The number of rotatable bonds is 6. The van der Waals surface area contributed by atoms with E-state index in [1.165, 1.54) is 110 Å². The topological polar surface area (TPSA) is 18.5 Å². The summed E-state index contributed by atoms with van der Waals surface area (Å²) in [6, 6.07) is 19.0. The largest absolute Gasteiger partial charge is 0.487 e. The molecule has 0 saturated heterocycles. The Kier molecular flexibility index (Phi) is 17.5. The smallest absolute Gasteiger partial charge is 0.123 e. The van der Waals surface area contributed by atoms with Crippen LogP contribution in [0.5, 0.6) is 11.5 Å². The molecule has 4 aliphatic rings. The summed E-state index contributed by atoms with van der Waals surface area (Å²) < 4.78 is 14.8. The van der Waals surface area contributed by atoms with Crippen molar-refractivity contribution in [3.8, 4) is 22.6 Å². The highest BCUT2D eigenvalue weighted by Crippen LogP contribution is 2.46. The molecule has 0 radical (unpaired) electrons. The first-order chi connectivity index (χ1) is 29.7. The summed E-state index contributed by atoms with van der Waals surface area (Å²) in [7, 11) is 0. The summed E-state index contributed by atoms with van der Waals surface area (Å²) in [5, 5.41) is 0. The van der Waals surface area contributed by atoms with Gasteiger partial charge in [0.1, 0.15) is 22.7 Å². The zero-order valence-electron chi connectivity index (χ0n) is 43.1. The monoisotopic (exact) mass is 853 g/mol. The molecular formula is C61H88O2. The van der Waals surface area contributed by atoms with Gasteiger partial charge < -0.3 is 9.47 Å². The summed E-state index contributed by atoms with van der Waals surface area (Å²) in [6.07, 6.45) is 19.0. The second-order valence-electron chi connectivity index (χ2n) is 21.8. The van der Waals surface area contributed by atoms with Gasteiger partial charge in [-0.3, -0.25) is 0 Å². The molecule has 0 saturated carbocycles. The van der Waals surface area contributed by atoms with E-state index in [1.807, 2.05) is 0 Å². The fourth-order valence-corrected chi connectivity index (χ4v) is 10.9. The molecule has 0 spiro atoms. The second kappa shape index (κ2) is 21.9. The van der Waals surface area contributed by atoms with Crippen LogP contribution in [0.4, 0.5) is 0 Å². The molecule has 4 aliphatic heterocycles. The third-order valence-corrected chi connectivity index (χ3v) is 14.3. The average Bonchev–Trinajstić information content (AvgIpc) is 3.19. The predicted octanol–water partition coefficient (Wildman–Crippen LogP) is 17.7. The summed E-state index contributed by atoms with van der Waals surface area (Å²) in [4.78, 5) is 0. The molecule has 0 aliphatic carbocycles. The van der Waals surface area contributed by atoms with E-state index < -0.39 is 11.2 Å². The number of hydrogen-bond acceptors (Lipinski definition) is 2. The van der Waals surface area contributed by atoms with Gasteiger partial charge in [-0.1, -0.05) is 117 Å². The van der Waals surface area contributed by atoms with Crippen LogP contribution >= 0.6 is 0 Å². The second-order valence-corrected chi connectivity index (χ2v) is 21.8. The maximum atomic E-state index is 7.41. The van der Waals surface area contributed by atoms with Gasteiger partial charge in [-0.25, -0.2) is 0 Å². The van der Waals surface area contributed by atoms with Crippen LogP contribution in [-0.2, 0) is 25.7 Å². The summed E-state index contributed by atoms with van der Waals surface area (Å²) in [5.41, 5.74) is 18.6. The Bertz CT molecular complexity index is 2180. The standard InChI is InChI=1S/C61H88O2/c1-17-31-60(15)38-54-52(41(4)5)35-44(9)48(13)58(54)59-49(14)45(10)36-53(42(6)7)55(59)39-61(16,37-40(2)3)63-57-29-27-50(33-46(57)11)26-24-22-20-18-19-21-23-25-43(8)32-51-28-30-56(62-60)47(12)34-51/h18-19,27-30,33-36,40-43H,17,20-26,31-32,37-39H2,1-16H3. The Morgan fingerprint density at radius 2 is 1.10 bits per heavy atom. The molecule has 0 aromatic heterocycles. The number of benzene rings is 4. The first kappa shape index (κ1) is 50.2. The third kappa shape index (κ3) is 12.9. The summed E-state index contributed by atoms with van der Waals surface area (Å²) in [5.74, 6) is 3.88. The summed E-state index contributed by atoms with van der Waals surface area (Å²) in [6.45, 7) is 37.7. The zero-order valence-corrected chi connectivity index (χ0v) is 43.1. The SMILES string of the molecule is CCCC1(C)Cc2c(C(C)C)cc(C)c(C)c2-c2c(C)c(C)cc(C(C)C)c2CC(C)(CC(C)C)Oc2ccc(cc2C)CCCCC=CCCCC(C)Cc2ccc(c(C)c2)O1. The first-order valence-electron chi connectivity index (χ1n) is 25.2. The lowest BCUT2D eigenvalue weighted by atomic mass is 9.73. The normalized spacial score (nSPS) is 20.8. The van der Waals surface area contributed by atoms with E-state index in [-0.39, 0.29) is 0 Å². The fraction of sp³-hybridized carbons (Fsp3) is 0.574. The van der Waals surface area contributed by atoms with E-state index in [4.69, 9.17) is 9.47 Å². The minimum atomic E-state index is -0.422. The van der Waals surface area contributed by atoms with Crippen molar-refractivity contribution in [2.75, 3.05) is 0 Å². The van der Waals surface area contributed by atoms with Crippen LogP contribution < -0.4 is 9.47 Å². The quantitative estimate of drug-likeness (QED) is 0.180. The van der Waals surface area contributed by atoms with Crippen molar-refractivity contribution in [3.63, 3.8) is 0 Å². The minimum Gasteiger partial charge on any atom is -0.487 e. The Balaban J connectivity index is 1.75. The van der Waals surface area contributed by atoms with Crippen molar-refractivity contribution < 1.29 is 9.47 Å². The molecule has 0 N–H and O–H groups in total. The fourth-order valence-electron chi connectivity index (χ4n) is 10.9. The average molecular weight is 853 g/mol. The van der Waals surface area contributed by atoms with Crippen LogP contribution in [-0.4, -0.2) is 11.2 Å². The third-order valence-electron chi connectivity index (χ3n) is 14.3. The van der Waals surface area contributed by atoms with E-state index in [1.54, 1.807) is 0 Å². The molecule has 344 valence electrons. The number of ether oxygens (including phenoxy) is 2. The molecule has 4 heterocycles. The Labute approximate surface area is 387 Å². The molecule has 4 bridgehead atoms. The highest BCUT2D eigenvalue weighted by Gasteiger charge is 2.36. The van der Waals surface area contributed by atoms with E-state index in [9.17, 15) is 0 Å². The zero-order chi connectivity index (χ0) is 46.2. The lowest BCUT2D eigenvalue weighted by molar-refractivity contribution is 0.0649. The Morgan fingerprint density at radius 1 is 0.603 bits per heavy atom. The maximum absolute atomic E-state index is 7.41. The van der Waals surface area contributed by atoms with Crippen LogP contribution in [0.15, 0.2) is 60.7 Å². The van der Waals surface area contributed by atoms with Gasteiger partial charge in [0, 0.05) is 12.8 Å². The van der Waals surface area contributed by atoms with Gasteiger partial charge in [-0.2, -0.15) is 0 Å². The van der Waals surface area contributed by atoms with E-state index in [0.29, 0.717) is 23.7 Å². The van der Waals surface area contributed by atoms with Crippen molar-refractivity contribution in [2.45, 2.75) is 217 Å². The minimum absolute atomic E-state index is 0.358. The molecule has 0 amide bonds. The van der Waals surface area contributed by atoms with Crippen molar-refractivity contribution in [1.29, 1.82) is 0 Å². The van der Waals surface area contributed by atoms with Gasteiger partial charge >= 0.3 is 0 Å². The predicted molar refractivity (Wildman–Crippen MR) is 275 cm³/mol. The van der Waals surface area contributed by atoms with Gasteiger partial charge in [-0.15, -0.1) is 0 Å². The van der Waals surface area contributed by atoms with E-state index >= 15 is 0 Å². The molecule has 4 aromatic carbocycles. The highest BCUT2D eigenvalue weighted by molar-refractivity contribution is 5.81. The first-order valence-corrected chi connectivity index (χ1v) is 25.2. The van der Waals surface area contributed by atoms with Crippen LogP contribution in [0.2, 0.25) is 0 Å². The van der Waals surface area contributed by atoms with Crippen LogP contribution in [0, 0.1) is 53.4 Å². The lowest BCUT2D eigenvalue weighted by Crippen LogP contribution is -2.38. The molecule has 3 unspecified atom stereocenters. The van der Waals surface area contributed by atoms with E-state index in [2.05, 4.69) is 171 Å². The van der Waals surface area contributed by atoms with Crippen LogP contribution in [0.1, 0.15) is 206 Å². The van der Waals surface area contributed by atoms with Crippen molar-refractivity contribution >= 4 is 0 Å². The summed E-state index contributed by atoms with van der Waals surface area (Å²) >= 11 is 0. The molecule has 0 fully saturated rings. The molecule has 2 nitrogen and oxygen atoms in total. The van der Waals surface area contributed by atoms with Crippen molar-refractivity contribution in [3.05, 3.63) is 127 Å². The molecule has 2 heteroatoms. The van der Waals surface area contributed by atoms with E-state index in [0.717, 1.165) is 62.9 Å². The van der Waals surface area contributed by atoms with Crippen LogP contribution in [0.25, 0.3) is 11.1 Å². The van der Waals surface area contributed by atoms with Gasteiger partial charge in [-0.05, 0) is 227 Å². The molecule has 4 aromatic rings. The van der Waals surface area contributed by atoms with Gasteiger partial charge in [0.15, 0.2) is 0 Å². The molecular weight excluding hydrogens is 765 g/mol. The lowest BCUT2D eigenvalue weighted by Gasteiger charge is -2.37. The molecule has 8 rings (SSSR count). The van der Waals surface area contributed by atoms with Crippen molar-refractivity contribution in [1.82, 2.24) is 0 Å². The Hall–Kier alpha value is -3.78.